The number of aryl methyl sites for hydroxylation is 2. The Hall–Kier alpha value is -1.25. The van der Waals surface area contributed by atoms with Crippen LogP contribution in [0, 0.1) is 6.92 Å². The molecule has 0 bridgehead atoms. The molecule has 0 spiro atoms. The van der Waals surface area contributed by atoms with Gasteiger partial charge in [-0.25, -0.2) is 17.8 Å². The minimum atomic E-state index is -3.70. The number of nitrogens with one attached hydrogen (secondary N) is 1. The summed E-state index contributed by atoms with van der Waals surface area (Å²) in [6.45, 7) is 3.75. The van der Waals surface area contributed by atoms with Crippen LogP contribution in [0.15, 0.2) is 33.9 Å². The Morgan fingerprint density at radius 3 is 2.55 bits per heavy atom. The Morgan fingerprint density at radius 2 is 2.00 bits per heavy atom. The zero-order valence-electron chi connectivity index (χ0n) is 11.3. The number of hydrogen-bond acceptors (Lipinski definition) is 4. The minimum Gasteiger partial charge on any atom is -0.235 e. The molecule has 1 aromatic carbocycles. The lowest BCUT2D eigenvalue weighted by Gasteiger charge is -2.16. The maximum atomic E-state index is 12.4. The van der Waals surface area contributed by atoms with E-state index in [1.165, 1.54) is 11.7 Å². The molecule has 0 aliphatic heterocycles. The highest BCUT2D eigenvalue weighted by molar-refractivity contribution is 9.10. The van der Waals surface area contributed by atoms with Crippen molar-refractivity contribution in [3.8, 4) is 0 Å². The fourth-order valence-electron chi connectivity index (χ4n) is 2.03. The minimum absolute atomic E-state index is 0.0120. The van der Waals surface area contributed by atoms with E-state index in [9.17, 15) is 8.42 Å². The summed E-state index contributed by atoms with van der Waals surface area (Å²) in [5.74, 6) is 0. The molecule has 6 nitrogen and oxygen atoms in total. The van der Waals surface area contributed by atoms with Gasteiger partial charge in [0, 0.05) is 13.1 Å². The smallest absolute Gasteiger partial charge is 0.235 e. The first-order chi connectivity index (χ1) is 9.33. The molecule has 0 aliphatic rings. The average molecular weight is 359 g/mol. The number of hydrogen-bond donors (Lipinski definition) is 1. The van der Waals surface area contributed by atoms with Crippen LogP contribution < -0.4 is 4.72 Å². The van der Waals surface area contributed by atoms with E-state index in [4.69, 9.17) is 0 Å². The van der Waals surface area contributed by atoms with Gasteiger partial charge in [0.2, 0.25) is 5.03 Å². The summed E-state index contributed by atoms with van der Waals surface area (Å²) in [5, 5.41) is 7.38. The van der Waals surface area contributed by atoms with E-state index < -0.39 is 10.0 Å². The predicted octanol–water partition coefficient (Wildman–Crippen LogP) is 1.93. The monoisotopic (exact) mass is 358 g/mol. The first kappa shape index (κ1) is 15.1. The number of sulfonamides is 1. The lowest BCUT2D eigenvalue weighted by Crippen LogP contribution is -2.29. The Labute approximate surface area is 126 Å². The predicted molar refractivity (Wildman–Crippen MR) is 78.6 cm³/mol. The summed E-state index contributed by atoms with van der Waals surface area (Å²) >= 11 is 3.10. The van der Waals surface area contributed by atoms with Crippen LogP contribution >= 0.6 is 15.9 Å². The summed E-state index contributed by atoms with van der Waals surface area (Å²) in [5.41, 5.74) is 1.97. The van der Waals surface area contributed by atoms with Crippen LogP contribution in [0.1, 0.15) is 24.1 Å². The third kappa shape index (κ3) is 2.92. The molecule has 108 valence electrons. The second-order valence-corrected chi connectivity index (χ2v) is 6.89. The molecule has 0 saturated carbocycles. The summed E-state index contributed by atoms with van der Waals surface area (Å²) in [7, 11) is -2.17. The maximum Gasteiger partial charge on any atom is 0.261 e. The van der Waals surface area contributed by atoms with Crippen LogP contribution in [0.5, 0.6) is 0 Å². The molecule has 1 N–H and O–H groups in total. The van der Waals surface area contributed by atoms with Gasteiger partial charge < -0.3 is 0 Å². The highest BCUT2D eigenvalue weighted by Crippen LogP contribution is 2.22. The quantitative estimate of drug-likeness (QED) is 0.905. The third-order valence-electron chi connectivity index (χ3n) is 2.98. The molecule has 1 aromatic heterocycles. The third-order valence-corrected chi connectivity index (χ3v) is 5.41. The van der Waals surface area contributed by atoms with Crippen LogP contribution in [0.25, 0.3) is 0 Å². The highest BCUT2D eigenvalue weighted by Gasteiger charge is 2.26. The van der Waals surface area contributed by atoms with Gasteiger partial charge in [-0.1, -0.05) is 29.5 Å². The van der Waals surface area contributed by atoms with Gasteiger partial charge in [0.25, 0.3) is 10.0 Å². The van der Waals surface area contributed by atoms with Gasteiger partial charge in [-0.15, -0.1) is 5.10 Å². The highest BCUT2D eigenvalue weighted by atomic mass is 79.9. The molecule has 1 unspecified atom stereocenters. The van der Waals surface area contributed by atoms with Crippen molar-refractivity contribution in [2.75, 3.05) is 0 Å². The fourth-order valence-corrected chi connectivity index (χ4v) is 4.35. The van der Waals surface area contributed by atoms with Crippen molar-refractivity contribution in [2.45, 2.75) is 24.9 Å². The number of rotatable bonds is 4. The van der Waals surface area contributed by atoms with Crippen LogP contribution in [0.3, 0.4) is 0 Å². The molecule has 0 aliphatic carbocycles. The Bertz CT molecular complexity index is 707. The van der Waals surface area contributed by atoms with Crippen LogP contribution in [0.4, 0.5) is 0 Å². The molecule has 8 heteroatoms. The van der Waals surface area contributed by atoms with Crippen molar-refractivity contribution in [2.24, 2.45) is 7.05 Å². The van der Waals surface area contributed by atoms with Gasteiger partial charge in [0.15, 0.2) is 4.60 Å². The van der Waals surface area contributed by atoms with Crippen molar-refractivity contribution in [3.63, 3.8) is 0 Å². The summed E-state index contributed by atoms with van der Waals surface area (Å²) in [6.07, 6.45) is 0. The molecule has 0 saturated heterocycles. The van der Waals surface area contributed by atoms with Gasteiger partial charge in [-0.2, -0.15) is 0 Å². The van der Waals surface area contributed by atoms with E-state index >= 15 is 0 Å². The van der Waals surface area contributed by atoms with Gasteiger partial charge >= 0.3 is 0 Å². The van der Waals surface area contributed by atoms with Crippen LogP contribution in [-0.4, -0.2) is 23.4 Å². The molecule has 1 heterocycles. The van der Waals surface area contributed by atoms with E-state index in [0.29, 0.717) is 0 Å². The van der Waals surface area contributed by atoms with E-state index in [0.717, 1.165) is 11.1 Å². The Balaban J connectivity index is 2.32. The summed E-state index contributed by atoms with van der Waals surface area (Å²) in [6, 6.07) is 7.31. The van der Waals surface area contributed by atoms with Gasteiger partial charge in [0.05, 0.1) is 0 Å². The molecule has 0 amide bonds. The first-order valence-electron chi connectivity index (χ1n) is 5.96. The molecule has 1 atom stereocenters. The SMILES string of the molecule is Cc1ccccc1C(C)NS(=O)(=O)c1c(Br)nnn1C. The Kier molecular flexibility index (Phi) is 4.26. The van der Waals surface area contributed by atoms with Gasteiger partial charge in [-0.05, 0) is 40.9 Å². The van der Waals surface area contributed by atoms with E-state index in [2.05, 4.69) is 31.0 Å². The summed E-state index contributed by atoms with van der Waals surface area (Å²) in [4.78, 5) is 0. The zero-order valence-corrected chi connectivity index (χ0v) is 13.7. The molecular formula is C12H15BrN4O2S. The first-order valence-corrected chi connectivity index (χ1v) is 8.23. The molecular weight excluding hydrogens is 344 g/mol. The van der Waals surface area contributed by atoms with Crippen LogP contribution in [0.2, 0.25) is 0 Å². The molecule has 0 radical (unpaired) electrons. The summed E-state index contributed by atoms with van der Waals surface area (Å²) < 4.78 is 28.8. The lowest BCUT2D eigenvalue weighted by molar-refractivity contribution is 0.547. The number of aromatic nitrogens is 3. The van der Waals surface area contributed by atoms with Gasteiger partial charge in [-0.3, -0.25) is 0 Å². The standard InChI is InChI=1S/C12H15BrN4O2S/c1-8-6-4-5-7-10(8)9(2)15-20(18,19)12-11(13)14-16-17(12)3/h4-7,9,15H,1-3H3. The fraction of sp³-hybridized carbons (Fsp3) is 0.333. The number of benzene rings is 1. The average Bonchev–Trinajstić information content (AvgIpc) is 2.69. The largest absolute Gasteiger partial charge is 0.261 e. The number of halogens is 1. The van der Waals surface area contributed by atoms with E-state index in [1.807, 2.05) is 31.2 Å². The molecule has 20 heavy (non-hydrogen) atoms. The molecule has 0 fully saturated rings. The van der Waals surface area contributed by atoms with Crippen molar-refractivity contribution in [1.82, 2.24) is 19.7 Å². The van der Waals surface area contributed by atoms with Crippen molar-refractivity contribution < 1.29 is 8.42 Å². The zero-order chi connectivity index (χ0) is 14.9. The van der Waals surface area contributed by atoms with Gasteiger partial charge in [0.1, 0.15) is 0 Å². The van der Waals surface area contributed by atoms with Crippen molar-refractivity contribution in [3.05, 3.63) is 40.0 Å². The normalized spacial score (nSPS) is 13.4. The second-order valence-electron chi connectivity index (χ2n) is 4.51. The number of nitrogens with zero attached hydrogens (tertiary/aromatic N) is 3. The topological polar surface area (TPSA) is 76.9 Å². The maximum absolute atomic E-state index is 12.4. The molecule has 2 rings (SSSR count). The Morgan fingerprint density at radius 1 is 1.35 bits per heavy atom. The van der Waals surface area contributed by atoms with Crippen molar-refractivity contribution >= 4 is 26.0 Å². The van der Waals surface area contributed by atoms with Crippen molar-refractivity contribution in [1.29, 1.82) is 0 Å². The molecule has 2 aromatic rings. The lowest BCUT2D eigenvalue weighted by atomic mass is 10.0. The van der Waals surface area contributed by atoms with E-state index in [1.54, 1.807) is 6.92 Å². The van der Waals surface area contributed by atoms with Crippen LogP contribution in [-0.2, 0) is 17.1 Å². The second kappa shape index (κ2) is 5.63. The van der Waals surface area contributed by atoms with E-state index in [-0.39, 0.29) is 15.7 Å².